The normalized spacial score (nSPS) is 16.9. The number of carbonyl (C=O) groups excluding carboxylic acids is 1. The zero-order chi connectivity index (χ0) is 11.7. The summed E-state index contributed by atoms with van der Waals surface area (Å²) in [5.41, 5.74) is 5.69. The third-order valence-corrected chi connectivity index (χ3v) is 2.80. The van der Waals surface area contributed by atoms with Crippen LogP contribution in [0.25, 0.3) is 0 Å². The van der Waals surface area contributed by atoms with Gasteiger partial charge in [0.2, 0.25) is 5.88 Å². The first-order valence-corrected chi connectivity index (χ1v) is 5.23. The van der Waals surface area contributed by atoms with Gasteiger partial charge in [-0.05, 0) is 25.7 Å². The highest BCUT2D eigenvalue weighted by atomic mass is 16.5. The summed E-state index contributed by atoms with van der Waals surface area (Å²) in [5, 5.41) is 6.85. The van der Waals surface area contributed by atoms with Gasteiger partial charge in [0.1, 0.15) is 0 Å². The summed E-state index contributed by atoms with van der Waals surface area (Å²) in [6.07, 6.45) is 2.41. The smallest absolute Gasteiger partial charge is 0.347 e. The van der Waals surface area contributed by atoms with Crippen molar-refractivity contribution < 1.29 is 14.1 Å². The number of methoxy groups -OCH3 is 1. The van der Waals surface area contributed by atoms with Crippen molar-refractivity contribution in [3.63, 3.8) is 0 Å². The van der Waals surface area contributed by atoms with Gasteiger partial charge in [-0.25, -0.2) is 4.79 Å². The standard InChI is InChI=1S/C10H15N3O3/c1-5(6-3-4-6)12-9-7(10(14)15-2)8(11)16-13-9/h5-6H,3-4,11H2,1-2H3,(H,12,13). The quantitative estimate of drug-likeness (QED) is 0.749. The first-order chi connectivity index (χ1) is 7.63. The van der Waals surface area contributed by atoms with Gasteiger partial charge in [-0.15, -0.1) is 0 Å². The predicted molar refractivity (Wildman–Crippen MR) is 58.1 cm³/mol. The van der Waals surface area contributed by atoms with Crippen LogP contribution in [-0.2, 0) is 4.74 Å². The Morgan fingerprint density at radius 1 is 1.69 bits per heavy atom. The lowest BCUT2D eigenvalue weighted by atomic mass is 10.2. The molecule has 0 aliphatic heterocycles. The van der Waals surface area contributed by atoms with E-state index >= 15 is 0 Å². The van der Waals surface area contributed by atoms with Crippen LogP contribution in [0.2, 0.25) is 0 Å². The molecule has 6 nitrogen and oxygen atoms in total. The Kier molecular flexibility index (Phi) is 2.72. The number of nitrogen functional groups attached to an aromatic ring is 1. The third-order valence-electron chi connectivity index (χ3n) is 2.80. The van der Waals surface area contributed by atoms with Gasteiger partial charge in [0.05, 0.1) is 7.11 Å². The van der Waals surface area contributed by atoms with Crippen LogP contribution < -0.4 is 11.1 Å². The molecule has 1 unspecified atom stereocenters. The minimum absolute atomic E-state index is 0.0163. The van der Waals surface area contributed by atoms with Gasteiger partial charge in [-0.3, -0.25) is 0 Å². The van der Waals surface area contributed by atoms with Crippen molar-refractivity contribution in [2.24, 2.45) is 5.92 Å². The van der Waals surface area contributed by atoms with E-state index in [1.165, 1.54) is 20.0 Å². The van der Waals surface area contributed by atoms with E-state index in [-0.39, 0.29) is 17.5 Å². The zero-order valence-electron chi connectivity index (χ0n) is 9.32. The molecule has 1 fully saturated rings. The van der Waals surface area contributed by atoms with Gasteiger partial charge in [-0.1, -0.05) is 5.16 Å². The summed E-state index contributed by atoms with van der Waals surface area (Å²) < 4.78 is 9.40. The number of nitrogens with two attached hydrogens (primary N) is 1. The molecule has 2 rings (SSSR count). The number of aromatic nitrogens is 1. The second-order valence-electron chi connectivity index (χ2n) is 4.03. The molecule has 16 heavy (non-hydrogen) atoms. The van der Waals surface area contributed by atoms with Gasteiger partial charge in [0, 0.05) is 6.04 Å². The SMILES string of the molecule is COC(=O)c1c(NC(C)C2CC2)noc1N. The number of hydrogen-bond donors (Lipinski definition) is 2. The molecule has 6 heteroatoms. The van der Waals surface area contributed by atoms with Crippen molar-refractivity contribution >= 4 is 17.7 Å². The number of nitrogens with zero attached hydrogens (tertiary/aromatic N) is 1. The Balaban J connectivity index is 2.16. The average Bonchev–Trinajstić information content (AvgIpc) is 3.04. The minimum atomic E-state index is -0.538. The van der Waals surface area contributed by atoms with Gasteiger partial charge < -0.3 is 20.3 Å². The fourth-order valence-electron chi connectivity index (χ4n) is 1.63. The van der Waals surface area contributed by atoms with E-state index in [1.54, 1.807) is 0 Å². The number of hydrogen-bond acceptors (Lipinski definition) is 6. The van der Waals surface area contributed by atoms with Gasteiger partial charge in [0.15, 0.2) is 11.4 Å². The topological polar surface area (TPSA) is 90.4 Å². The molecule has 1 aliphatic rings. The molecule has 0 spiro atoms. The maximum absolute atomic E-state index is 11.4. The summed E-state index contributed by atoms with van der Waals surface area (Å²) in [7, 11) is 1.29. The molecular weight excluding hydrogens is 210 g/mol. The number of nitrogens with one attached hydrogen (secondary N) is 1. The second kappa shape index (κ2) is 4.03. The molecule has 3 N–H and O–H groups in total. The van der Waals surface area contributed by atoms with E-state index in [0.29, 0.717) is 11.7 Å². The van der Waals surface area contributed by atoms with Crippen molar-refractivity contribution in [2.45, 2.75) is 25.8 Å². The fraction of sp³-hybridized carbons (Fsp3) is 0.600. The lowest BCUT2D eigenvalue weighted by Gasteiger charge is -2.11. The maximum Gasteiger partial charge on any atom is 0.347 e. The molecular formula is C10H15N3O3. The molecule has 0 aromatic carbocycles. The van der Waals surface area contributed by atoms with Crippen molar-refractivity contribution in [2.75, 3.05) is 18.2 Å². The maximum atomic E-state index is 11.4. The Labute approximate surface area is 93.1 Å². The van der Waals surface area contributed by atoms with Gasteiger partial charge in [0.25, 0.3) is 0 Å². The van der Waals surface area contributed by atoms with Crippen LogP contribution in [0.3, 0.4) is 0 Å². The molecule has 0 amide bonds. The van der Waals surface area contributed by atoms with Crippen molar-refractivity contribution in [3.8, 4) is 0 Å². The molecule has 0 bridgehead atoms. The minimum Gasteiger partial charge on any atom is -0.465 e. The van der Waals surface area contributed by atoms with Crippen molar-refractivity contribution in [3.05, 3.63) is 5.56 Å². The van der Waals surface area contributed by atoms with E-state index in [2.05, 4.69) is 15.2 Å². The van der Waals surface area contributed by atoms with E-state index in [1.807, 2.05) is 6.92 Å². The molecule has 1 aromatic rings. The highest BCUT2D eigenvalue weighted by Gasteiger charge is 2.30. The van der Waals surface area contributed by atoms with Crippen LogP contribution in [0.5, 0.6) is 0 Å². The highest BCUT2D eigenvalue weighted by molar-refractivity contribution is 5.98. The Morgan fingerprint density at radius 2 is 2.38 bits per heavy atom. The lowest BCUT2D eigenvalue weighted by Crippen LogP contribution is -2.19. The van der Waals surface area contributed by atoms with Crippen molar-refractivity contribution in [1.29, 1.82) is 0 Å². The van der Waals surface area contributed by atoms with E-state index in [4.69, 9.17) is 10.3 Å². The van der Waals surface area contributed by atoms with E-state index < -0.39 is 5.97 Å². The number of esters is 1. The van der Waals surface area contributed by atoms with Crippen molar-refractivity contribution in [1.82, 2.24) is 5.16 Å². The van der Waals surface area contributed by atoms with Gasteiger partial charge >= 0.3 is 5.97 Å². The van der Waals surface area contributed by atoms with Crippen LogP contribution in [0.1, 0.15) is 30.1 Å². The Morgan fingerprint density at radius 3 is 2.94 bits per heavy atom. The molecule has 1 atom stereocenters. The summed E-state index contributed by atoms with van der Waals surface area (Å²) >= 11 is 0. The van der Waals surface area contributed by atoms with E-state index in [9.17, 15) is 4.79 Å². The molecule has 0 radical (unpaired) electrons. The second-order valence-corrected chi connectivity index (χ2v) is 4.03. The lowest BCUT2D eigenvalue weighted by molar-refractivity contribution is 0.0602. The first-order valence-electron chi connectivity index (χ1n) is 5.23. The van der Waals surface area contributed by atoms with Gasteiger partial charge in [-0.2, -0.15) is 0 Å². The molecule has 1 heterocycles. The molecule has 1 aromatic heterocycles. The largest absolute Gasteiger partial charge is 0.465 e. The highest BCUT2D eigenvalue weighted by Crippen LogP contribution is 2.34. The van der Waals surface area contributed by atoms with Crippen LogP contribution in [0.15, 0.2) is 4.52 Å². The van der Waals surface area contributed by atoms with E-state index in [0.717, 1.165) is 0 Å². The number of anilines is 2. The molecule has 88 valence electrons. The first kappa shape index (κ1) is 10.8. The average molecular weight is 225 g/mol. The summed E-state index contributed by atoms with van der Waals surface area (Å²) in [6.45, 7) is 2.05. The zero-order valence-corrected chi connectivity index (χ0v) is 9.32. The van der Waals surface area contributed by atoms with Crippen LogP contribution in [0, 0.1) is 5.92 Å². The monoisotopic (exact) mass is 225 g/mol. The number of rotatable bonds is 4. The molecule has 0 saturated heterocycles. The molecule has 1 aliphatic carbocycles. The van der Waals surface area contributed by atoms with Crippen LogP contribution in [-0.4, -0.2) is 24.3 Å². The number of carbonyl (C=O) groups is 1. The Hall–Kier alpha value is -1.72. The van der Waals surface area contributed by atoms with Crippen LogP contribution >= 0.6 is 0 Å². The molecule has 1 saturated carbocycles. The summed E-state index contributed by atoms with van der Waals surface area (Å²) in [4.78, 5) is 11.4. The fourth-order valence-corrected chi connectivity index (χ4v) is 1.63. The summed E-state index contributed by atoms with van der Waals surface area (Å²) in [5.74, 6) is 0.453. The number of ether oxygens (including phenoxy) is 1. The third kappa shape index (κ3) is 1.95. The van der Waals surface area contributed by atoms with Crippen LogP contribution in [0.4, 0.5) is 11.7 Å². The summed E-state index contributed by atoms with van der Waals surface area (Å²) in [6, 6.07) is 0.257. The predicted octanol–water partition coefficient (Wildman–Crippen LogP) is 1.25. The Bertz CT molecular complexity index is 398.